The van der Waals surface area contributed by atoms with Gasteiger partial charge in [0, 0.05) is 6.20 Å². The first-order valence-corrected chi connectivity index (χ1v) is 6.65. The van der Waals surface area contributed by atoms with Gasteiger partial charge in [-0.3, -0.25) is 0 Å². The molecule has 0 aromatic carbocycles. The fourth-order valence-electron chi connectivity index (χ4n) is 1.59. The lowest BCUT2D eigenvalue weighted by molar-refractivity contribution is 0.198. The summed E-state index contributed by atoms with van der Waals surface area (Å²) in [4.78, 5) is 4.29. The molecule has 6 nitrogen and oxygen atoms in total. The first-order chi connectivity index (χ1) is 8.74. The van der Waals surface area contributed by atoms with Gasteiger partial charge < -0.3 is 5.11 Å². The Hall–Kier alpha value is -1.47. The highest BCUT2D eigenvalue weighted by Crippen LogP contribution is 2.37. The normalized spacial score (nSPS) is 16.8. The van der Waals surface area contributed by atoms with Gasteiger partial charge in [-0.2, -0.15) is 0 Å². The van der Waals surface area contributed by atoms with Crippen molar-refractivity contribution in [3.8, 4) is 0 Å². The second kappa shape index (κ2) is 4.66. The van der Waals surface area contributed by atoms with Crippen LogP contribution in [0.1, 0.15) is 37.5 Å². The highest BCUT2D eigenvalue weighted by Gasteiger charge is 2.28. The molecule has 0 unspecified atom stereocenters. The Labute approximate surface area is 108 Å². The predicted octanol–water partition coefficient (Wildman–Crippen LogP) is 1.61. The Morgan fingerprint density at radius 2 is 2.28 bits per heavy atom. The Kier molecular flexibility index (Phi) is 3.00. The lowest BCUT2D eigenvalue weighted by Crippen LogP contribution is -1.99. The number of aliphatic hydroxyl groups is 1. The summed E-state index contributed by atoms with van der Waals surface area (Å²) in [5, 5.41) is 22.7. The molecule has 7 heteroatoms. The Morgan fingerprint density at radius 1 is 1.44 bits per heavy atom. The number of pyridine rings is 1. The highest BCUT2D eigenvalue weighted by molar-refractivity contribution is 7.99. The van der Waals surface area contributed by atoms with Crippen molar-refractivity contribution in [3.05, 3.63) is 23.9 Å². The summed E-state index contributed by atoms with van der Waals surface area (Å²) in [6.07, 6.45) is 3.48. The monoisotopic (exact) mass is 263 g/mol. The second-order valence-corrected chi connectivity index (χ2v) is 5.33. The van der Waals surface area contributed by atoms with Gasteiger partial charge in [0.05, 0.1) is 12.1 Å². The topological polar surface area (TPSA) is 76.7 Å². The van der Waals surface area contributed by atoms with Crippen LogP contribution in [0, 0.1) is 0 Å². The zero-order valence-corrected chi connectivity index (χ0v) is 10.7. The molecule has 0 spiro atoms. The average Bonchev–Trinajstić information content (AvgIpc) is 3.11. The van der Waals surface area contributed by atoms with Crippen LogP contribution in [0.3, 0.4) is 0 Å². The zero-order chi connectivity index (χ0) is 12.5. The van der Waals surface area contributed by atoms with Crippen LogP contribution in [-0.4, -0.2) is 30.3 Å². The van der Waals surface area contributed by atoms with Crippen LogP contribution in [0.15, 0.2) is 28.5 Å². The quantitative estimate of drug-likeness (QED) is 0.903. The third-order valence-corrected chi connectivity index (χ3v) is 3.69. The fraction of sp³-hybridized carbons (Fsp3) is 0.455. The Morgan fingerprint density at radius 3 is 2.89 bits per heavy atom. The van der Waals surface area contributed by atoms with E-state index in [0.29, 0.717) is 6.04 Å². The number of aliphatic hydroxyl groups excluding tert-OH is 1. The van der Waals surface area contributed by atoms with Gasteiger partial charge in [0.2, 0.25) is 5.16 Å². The smallest absolute Gasteiger partial charge is 0.215 e. The summed E-state index contributed by atoms with van der Waals surface area (Å²) in [6.45, 7) is 1.72. The molecule has 1 aliphatic rings. The standard InChI is InChI=1S/C11H13N5OS/c1-7(17)8-2-5-10(12-6-8)18-11-13-14-15-16(11)9-3-4-9/h2,5-7,9,17H,3-4H2,1H3/t7-/m0/s1. The first kappa shape index (κ1) is 11.6. The Balaban J connectivity index is 1.77. The molecule has 0 saturated heterocycles. The van der Waals surface area contributed by atoms with Gasteiger partial charge in [0.1, 0.15) is 5.03 Å². The number of hydrogen-bond donors (Lipinski definition) is 1. The molecule has 18 heavy (non-hydrogen) atoms. The van der Waals surface area contributed by atoms with E-state index in [1.807, 2.05) is 16.8 Å². The summed E-state index contributed by atoms with van der Waals surface area (Å²) in [7, 11) is 0. The summed E-state index contributed by atoms with van der Waals surface area (Å²) in [5.74, 6) is 0. The number of tetrazole rings is 1. The van der Waals surface area contributed by atoms with Crippen molar-refractivity contribution in [1.29, 1.82) is 0 Å². The van der Waals surface area contributed by atoms with Crippen LogP contribution in [0.4, 0.5) is 0 Å². The van der Waals surface area contributed by atoms with Crippen molar-refractivity contribution >= 4 is 11.8 Å². The summed E-state index contributed by atoms with van der Waals surface area (Å²) in [6, 6.07) is 4.20. The SMILES string of the molecule is C[C@H](O)c1ccc(Sc2nnnn2C2CC2)nc1. The van der Waals surface area contributed by atoms with E-state index in [9.17, 15) is 5.11 Å². The molecule has 1 aliphatic carbocycles. The maximum Gasteiger partial charge on any atom is 0.215 e. The molecule has 94 valence electrons. The minimum Gasteiger partial charge on any atom is -0.389 e. The number of aromatic nitrogens is 5. The van der Waals surface area contributed by atoms with Crippen LogP contribution >= 0.6 is 11.8 Å². The molecular weight excluding hydrogens is 250 g/mol. The zero-order valence-electron chi connectivity index (χ0n) is 9.89. The molecule has 1 atom stereocenters. The minimum absolute atomic E-state index is 0.458. The van der Waals surface area contributed by atoms with Gasteiger partial charge in [-0.25, -0.2) is 9.67 Å². The average molecular weight is 263 g/mol. The summed E-state index contributed by atoms with van der Waals surface area (Å²) < 4.78 is 1.86. The van der Waals surface area contributed by atoms with Crippen molar-refractivity contribution in [1.82, 2.24) is 25.2 Å². The van der Waals surface area contributed by atoms with Gasteiger partial charge in [0.15, 0.2) is 0 Å². The predicted molar refractivity (Wildman–Crippen MR) is 65.1 cm³/mol. The second-order valence-electron chi connectivity index (χ2n) is 4.35. The fourth-order valence-corrected chi connectivity index (χ4v) is 2.38. The van der Waals surface area contributed by atoms with E-state index in [-0.39, 0.29) is 0 Å². The van der Waals surface area contributed by atoms with Crippen molar-refractivity contribution < 1.29 is 5.11 Å². The van der Waals surface area contributed by atoms with E-state index in [4.69, 9.17) is 0 Å². The number of nitrogens with zero attached hydrogens (tertiary/aromatic N) is 5. The van der Waals surface area contributed by atoms with Gasteiger partial charge in [-0.1, -0.05) is 6.07 Å². The van der Waals surface area contributed by atoms with Crippen LogP contribution < -0.4 is 0 Å². The lowest BCUT2D eigenvalue weighted by atomic mass is 10.2. The summed E-state index contributed by atoms with van der Waals surface area (Å²) in [5.41, 5.74) is 0.807. The van der Waals surface area contributed by atoms with Crippen LogP contribution in [0.2, 0.25) is 0 Å². The van der Waals surface area contributed by atoms with E-state index in [2.05, 4.69) is 20.5 Å². The molecule has 0 bridgehead atoms. The molecule has 1 saturated carbocycles. The number of rotatable bonds is 4. The molecule has 2 heterocycles. The van der Waals surface area contributed by atoms with Crippen LogP contribution in [0.25, 0.3) is 0 Å². The maximum atomic E-state index is 9.41. The summed E-state index contributed by atoms with van der Waals surface area (Å²) >= 11 is 1.44. The van der Waals surface area contributed by atoms with Gasteiger partial charge >= 0.3 is 0 Å². The molecule has 0 radical (unpaired) electrons. The van der Waals surface area contributed by atoms with Crippen molar-refractivity contribution in [2.24, 2.45) is 0 Å². The molecule has 0 amide bonds. The van der Waals surface area contributed by atoms with E-state index >= 15 is 0 Å². The molecular formula is C11H13N5OS. The first-order valence-electron chi connectivity index (χ1n) is 5.84. The third kappa shape index (κ3) is 2.37. The lowest BCUT2D eigenvalue weighted by Gasteiger charge is -2.05. The minimum atomic E-state index is -0.492. The largest absolute Gasteiger partial charge is 0.389 e. The third-order valence-electron chi connectivity index (χ3n) is 2.79. The molecule has 1 N–H and O–H groups in total. The van der Waals surface area contributed by atoms with Gasteiger partial charge in [-0.05, 0) is 53.6 Å². The van der Waals surface area contributed by atoms with Crippen LogP contribution in [0.5, 0.6) is 0 Å². The van der Waals surface area contributed by atoms with Crippen LogP contribution in [-0.2, 0) is 0 Å². The van der Waals surface area contributed by atoms with Crippen molar-refractivity contribution in [2.75, 3.05) is 0 Å². The van der Waals surface area contributed by atoms with Gasteiger partial charge in [0.25, 0.3) is 0 Å². The van der Waals surface area contributed by atoms with E-state index in [0.717, 1.165) is 28.6 Å². The number of hydrogen-bond acceptors (Lipinski definition) is 6. The van der Waals surface area contributed by atoms with E-state index in [1.165, 1.54) is 11.8 Å². The van der Waals surface area contributed by atoms with Crippen molar-refractivity contribution in [3.63, 3.8) is 0 Å². The molecule has 1 fully saturated rings. The molecule has 3 rings (SSSR count). The molecule has 0 aliphatic heterocycles. The van der Waals surface area contributed by atoms with E-state index < -0.39 is 6.10 Å². The Bertz CT molecular complexity index is 535. The maximum absolute atomic E-state index is 9.41. The van der Waals surface area contributed by atoms with E-state index in [1.54, 1.807) is 13.1 Å². The highest BCUT2D eigenvalue weighted by atomic mass is 32.2. The molecule has 2 aromatic heterocycles. The van der Waals surface area contributed by atoms with Crippen molar-refractivity contribution in [2.45, 2.75) is 42.1 Å². The molecule has 2 aromatic rings. The van der Waals surface area contributed by atoms with Gasteiger partial charge in [-0.15, -0.1) is 5.10 Å².